The number of piperazine rings is 1. The Morgan fingerprint density at radius 2 is 1.67 bits per heavy atom. The summed E-state index contributed by atoms with van der Waals surface area (Å²) in [4.78, 5) is 9.37. The molecular formula is C19H22N4O. The van der Waals surface area contributed by atoms with Crippen molar-refractivity contribution in [2.75, 3.05) is 33.3 Å². The fourth-order valence-electron chi connectivity index (χ4n) is 2.94. The summed E-state index contributed by atoms with van der Waals surface area (Å²) in [5.74, 6) is 0.673. The molecule has 1 aliphatic rings. The van der Waals surface area contributed by atoms with Gasteiger partial charge in [-0.2, -0.15) is 5.26 Å². The zero-order chi connectivity index (χ0) is 16.8. The summed E-state index contributed by atoms with van der Waals surface area (Å²) in [6.45, 7) is 5.97. The van der Waals surface area contributed by atoms with E-state index >= 15 is 0 Å². The zero-order valence-corrected chi connectivity index (χ0v) is 14.0. The van der Waals surface area contributed by atoms with Crippen molar-refractivity contribution in [3.63, 3.8) is 0 Å². The van der Waals surface area contributed by atoms with Crippen LogP contribution in [0.3, 0.4) is 0 Å². The van der Waals surface area contributed by atoms with Crippen molar-refractivity contribution >= 4 is 0 Å². The van der Waals surface area contributed by atoms with Crippen LogP contribution in [-0.2, 0) is 13.1 Å². The number of ether oxygens (including phenoxy) is 1. The second-order valence-electron chi connectivity index (χ2n) is 6.03. The molecule has 24 heavy (non-hydrogen) atoms. The summed E-state index contributed by atoms with van der Waals surface area (Å²) in [7, 11) is 1.65. The standard InChI is InChI=1S/C19H22N4O/c1-24-19-4-2-3-18(21-19)15-23-11-9-22(10-12-23)14-17-7-5-16(13-20)6-8-17/h2-8H,9-12,14-15H2,1H3. The second kappa shape index (κ2) is 7.91. The van der Waals surface area contributed by atoms with Gasteiger partial charge in [0.2, 0.25) is 5.88 Å². The zero-order valence-electron chi connectivity index (χ0n) is 14.0. The van der Waals surface area contributed by atoms with Gasteiger partial charge in [-0.15, -0.1) is 0 Å². The van der Waals surface area contributed by atoms with Gasteiger partial charge in [0, 0.05) is 45.3 Å². The average Bonchev–Trinajstić information content (AvgIpc) is 2.64. The van der Waals surface area contributed by atoms with Crippen LogP contribution < -0.4 is 4.74 Å². The van der Waals surface area contributed by atoms with E-state index in [4.69, 9.17) is 10.00 Å². The quantitative estimate of drug-likeness (QED) is 0.845. The first-order valence-corrected chi connectivity index (χ1v) is 8.20. The minimum absolute atomic E-state index is 0.673. The third kappa shape index (κ3) is 4.31. The predicted octanol–water partition coefficient (Wildman–Crippen LogP) is 2.28. The van der Waals surface area contributed by atoms with E-state index in [0.717, 1.165) is 45.0 Å². The summed E-state index contributed by atoms with van der Waals surface area (Å²) in [6, 6.07) is 15.9. The second-order valence-corrected chi connectivity index (χ2v) is 6.03. The van der Waals surface area contributed by atoms with E-state index in [1.165, 1.54) is 5.56 Å². The molecule has 2 heterocycles. The Morgan fingerprint density at radius 1 is 1.00 bits per heavy atom. The van der Waals surface area contributed by atoms with Crippen molar-refractivity contribution in [1.82, 2.24) is 14.8 Å². The Labute approximate surface area is 143 Å². The highest BCUT2D eigenvalue weighted by atomic mass is 16.5. The van der Waals surface area contributed by atoms with E-state index in [0.29, 0.717) is 11.4 Å². The highest BCUT2D eigenvalue weighted by Gasteiger charge is 2.17. The predicted molar refractivity (Wildman–Crippen MR) is 92.5 cm³/mol. The number of aromatic nitrogens is 1. The van der Waals surface area contributed by atoms with Gasteiger partial charge in [-0.3, -0.25) is 9.80 Å². The molecule has 0 unspecified atom stereocenters. The molecule has 0 spiro atoms. The van der Waals surface area contributed by atoms with Crippen LogP contribution in [-0.4, -0.2) is 48.1 Å². The third-order valence-corrected chi connectivity index (χ3v) is 4.33. The van der Waals surface area contributed by atoms with E-state index < -0.39 is 0 Å². The molecule has 1 aromatic carbocycles. The van der Waals surface area contributed by atoms with E-state index in [2.05, 4.69) is 20.9 Å². The Balaban J connectivity index is 1.49. The van der Waals surface area contributed by atoms with Crippen molar-refractivity contribution in [3.8, 4) is 11.9 Å². The fourth-order valence-corrected chi connectivity index (χ4v) is 2.94. The van der Waals surface area contributed by atoms with E-state index in [-0.39, 0.29) is 0 Å². The molecular weight excluding hydrogens is 300 g/mol. The summed E-state index contributed by atoms with van der Waals surface area (Å²) in [5, 5.41) is 8.85. The Bertz CT molecular complexity index is 700. The minimum Gasteiger partial charge on any atom is -0.481 e. The van der Waals surface area contributed by atoms with Crippen LogP contribution in [0.25, 0.3) is 0 Å². The fraction of sp³-hybridized carbons (Fsp3) is 0.368. The molecule has 124 valence electrons. The molecule has 0 radical (unpaired) electrons. The highest BCUT2D eigenvalue weighted by molar-refractivity contribution is 5.31. The molecule has 2 aromatic rings. The van der Waals surface area contributed by atoms with Crippen LogP contribution in [0.2, 0.25) is 0 Å². The molecule has 0 amide bonds. The van der Waals surface area contributed by atoms with Gasteiger partial charge in [0.1, 0.15) is 0 Å². The summed E-state index contributed by atoms with van der Waals surface area (Å²) in [6.07, 6.45) is 0. The van der Waals surface area contributed by atoms with Gasteiger partial charge in [-0.1, -0.05) is 18.2 Å². The maximum Gasteiger partial charge on any atom is 0.213 e. The molecule has 5 nitrogen and oxygen atoms in total. The van der Waals surface area contributed by atoms with Crippen LogP contribution in [0.4, 0.5) is 0 Å². The topological polar surface area (TPSA) is 52.4 Å². The smallest absolute Gasteiger partial charge is 0.213 e. The number of pyridine rings is 1. The van der Waals surface area contributed by atoms with Crippen molar-refractivity contribution < 1.29 is 4.74 Å². The Hall–Kier alpha value is -2.42. The minimum atomic E-state index is 0.673. The van der Waals surface area contributed by atoms with Gasteiger partial charge in [0.05, 0.1) is 24.4 Å². The molecule has 1 aliphatic heterocycles. The summed E-state index contributed by atoms with van der Waals surface area (Å²) >= 11 is 0. The number of benzene rings is 1. The molecule has 0 atom stereocenters. The number of nitriles is 1. The summed E-state index contributed by atoms with van der Waals surface area (Å²) in [5.41, 5.74) is 3.03. The number of hydrogen-bond acceptors (Lipinski definition) is 5. The van der Waals surface area contributed by atoms with Crippen LogP contribution >= 0.6 is 0 Å². The summed E-state index contributed by atoms with van der Waals surface area (Å²) < 4.78 is 5.19. The molecule has 1 aromatic heterocycles. The van der Waals surface area contributed by atoms with Gasteiger partial charge in [0.15, 0.2) is 0 Å². The highest BCUT2D eigenvalue weighted by Crippen LogP contribution is 2.13. The number of hydrogen-bond donors (Lipinski definition) is 0. The molecule has 0 aliphatic carbocycles. The van der Waals surface area contributed by atoms with Crippen LogP contribution in [0.5, 0.6) is 5.88 Å². The Morgan fingerprint density at radius 3 is 2.29 bits per heavy atom. The molecule has 0 saturated carbocycles. The Kier molecular flexibility index (Phi) is 5.42. The molecule has 1 fully saturated rings. The number of methoxy groups -OCH3 is 1. The van der Waals surface area contributed by atoms with Gasteiger partial charge in [-0.05, 0) is 23.8 Å². The normalized spacial score (nSPS) is 15.8. The van der Waals surface area contributed by atoms with Crippen molar-refractivity contribution in [3.05, 3.63) is 59.3 Å². The van der Waals surface area contributed by atoms with Crippen LogP contribution in [0.1, 0.15) is 16.8 Å². The van der Waals surface area contributed by atoms with E-state index in [1.807, 2.05) is 42.5 Å². The van der Waals surface area contributed by atoms with Crippen LogP contribution in [0, 0.1) is 11.3 Å². The lowest BCUT2D eigenvalue weighted by molar-refractivity contribution is 0.121. The first-order chi connectivity index (χ1) is 11.8. The van der Waals surface area contributed by atoms with Crippen molar-refractivity contribution in [2.45, 2.75) is 13.1 Å². The van der Waals surface area contributed by atoms with Gasteiger partial charge < -0.3 is 4.74 Å². The molecule has 5 heteroatoms. The maximum atomic E-state index is 8.85. The van der Waals surface area contributed by atoms with Crippen LogP contribution in [0.15, 0.2) is 42.5 Å². The van der Waals surface area contributed by atoms with E-state index in [1.54, 1.807) is 7.11 Å². The SMILES string of the molecule is COc1cccc(CN2CCN(Cc3ccc(C#N)cc3)CC2)n1. The molecule has 3 rings (SSSR count). The lowest BCUT2D eigenvalue weighted by Gasteiger charge is -2.34. The van der Waals surface area contributed by atoms with Gasteiger partial charge in [-0.25, -0.2) is 4.98 Å². The first kappa shape index (κ1) is 16.4. The number of rotatable bonds is 5. The lowest BCUT2D eigenvalue weighted by Crippen LogP contribution is -2.45. The first-order valence-electron chi connectivity index (χ1n) is 8.20. The molecule has 1 saturated heterocycles. The lowest BCUT2D eigenvalue weighted by atomic mass is 10.1. The molecule has 0 bridgehead atoms. The van der Waals surface area contributed by atoms with E-state index in [9.17, 15) is 0 Å². The molecule has 0 N–H and O–H groups in total. The van der Waals surface area contributed by atoms with Crippen molar-refractivity contribution in [2.24, 2.45) is 0 Å². The third-order valence-electron chi connectivity index (χ3n) is 4.33. The monoisotopic (exact) mass is 322 g/mol. The van der Waals surface area contributed by atoms with Crippen molar-refractivity contribution in [1.29, 1.82) is 5.26 Å². The number of nitrogens with zero attached hydrogens (tertiary/aromatic N) is 4. The van der Waals surface area contributed by atoms with Gasteiger partial charge in [0.25, 0.3) is 0 Å². The van der Waals surface area contributed by atoms with Gasteiger partial charge >= 0.3 is 0 Å². The largest absolute Gasteiger partial charge is 0.481 e. The average molecular weight is 322 g/mol. The maximum absolute atomic E-state index is 8.85.